The number of aliphatic imine (C=N–C) groups is 1. The summed E-state index contributed by atoms with van der Waals surface area (Å²) in [5, 5.41) is 9.05. The Morgan fingerprint density at radius 3 is 2.62 bits per heavy atom. The van der Waals surface area contributed by atoms with Gasteiger partial charge in [-0.2, -0.15) is 0 Å². The lowest BCUT2D eigenvalue weighted by Gasteiger charge is -2.25. The van der Waals surface area contributed by atoms with E-state index in [2.05, 4.69) is 59.1 Å². The van der Waals surface area contributed by atoms with Crippen molar-refractivity contribution in [2.24, 2.45) is 10.9 Å². The van der Waals surface area contributed by atoms with E-state index >= 15 is 0 Å². The molecule has 118 valence electrons. The lowest BCUT2D eigenvalue weighted by molar-refractivity contribution is 0.264. The lowest BCUT2D eigenvalue weighted by atomic mass is 10.1. The molecule has 21 heavy (non-hydrogen) atoms. The van der Waals surface area contributed by atoms with Crippen LogP contribution in [0.25, 0.3) is 0 Å². The Hall–Kier alpha value is -1.07. The molecule has 1 fully saturated rings. The maximum Gasteiger partial charge on any atom is 0.191 e. The number of nitrogens with zero attached hydrogens (tertiary/aromatic N) is 2. The van der Waals surface area contributed by atoms with Crippen LogP contribution in [0.5, 0.6) is 0 Å². The second-order valence-electron chi connectivity index (χ2n) is 6.12. The Morgan fingerprint density at radius 2 is 2.10 bits per heavy atom. The topological polar surface area (TPSA) is 39.7 Å². The van der Waals surface area contributed by atoms with Gasteiger partial charge in [-0.05, 0) is 44.3 Å². The van der Waals surface area contributed by atoms with E-state index in [1.54, 1.807) is 0 Å². The lowest BCUT2D eigenvalue weighted by Crippen LogP contribution is -2.46. The molecule has 5 heteroatoms. The van der Waals surface area contributed by atoms with E-state index in [1.807, 2.05) is 18.4 Å². The zero-order chi connectivity index (χ0) is 15.2. The van der Waals surface area contributed by atoms with Crippen LogP contribution in [-0.4, -0.2) is 51.1 Å². The number of rotatable bonds is 7. The number of guanidine groups is 1. The van der Waals surface area contributed by atoms with Crippen molar-refractivity contribution >= 4 is 17.3 Å². The predicted molar refractivity (Wildman–Crippen MR) is 92.3 cm³/mol. The quantitative estimate of drug-likeness (QED) is 0.600. The molecule has 1 aromatic heterocycles. The molecule has 1 saturated carbocycles. The first-order valence-corrected chi connectivity index (χ1v) is 8.64. The first-order valence-electron chi connectivity index (χ1n) is 7.76. The van der Waals surface area contributed by atoms with Crippen LogP contribution < -0.4 is 10.6 Å². The summed E-state index contributed by atoms with van der Waals surface area (Å²) in [7, 11) is 6.17. The van der Waals surface area contributed by atoms with Crippen LogP contribution in [0.15, 0.2) is 22.5 Å². The molecule has 4 nitrogen and oxygen atoms in total. The van der Waals surface area contributed by atoms with Gasteiger partial charge in [0.2, 0.25) is 0 Å². The summed E-state index contributed by atoms with van der Waals surface area (Å²) in [4.78, 5) is 8.08. The molecule has 0 saturated heterocycles. The van der Waals surface area contributed by atoms with Crippen LogP contribution in [0.1, 0.15) is 30.6 Å². The molecular formula is C16H28N4S. The summed E-state index contributed by atoms with van der Waals surface area (Å²) in [5.74, 6) is 2.28. The zero-order valence-corrected chi connectivity index (χ0v) is 14.4. The summed E-state index contributed by atoms with van der Waals surface area (Å²) >= 11 is 1.82. The number of nitrogens with one attached hydrogen (secondary N) is 2. The highest BCUT2D eigenvalue weighted by molar-refractivity contribution is 7.10. The van der Waals surface area contributed by atoms with Gasteiger partial charge in [0.1, 0.15) is 0 Å². The average Bonchev–Trinajstić information content (AvgIpc) is 3.14. The van der Waals surface area contributed by atoms with Gasteiger partial charge in [0.25, 0.3) is 0 Å². The maximum absolute atomic E-state index is 4.33. The molecule has 0 radical (unpaired) electrons. The summed E-state index contributed by atoms with van der Waals surface area (Å²) in [5.41, 5.74) is 0. The molecule has 1 heterocycles. The van der Waals surface area contributed by atoms with Crippen molar-refractivity contribution in [2.75, 3.05) is 34.2 Å². The molecule has 1 aliphatic carbocycles. The molecule has 0 aromatic carbocycles. The summed E-state index contributed by atoms with van der Waals surface area (Å²) < 4.78 is 0. The van der Waals surface area contributed by atoms with Crippen molar-refractivity contribution < 1.29 is 0 Å². The van der Waals surface area contributed by atoms with Crippen LogP contribution in [0, 0.1) is 5.92 Å². The molecule has 0 amide bonds. The number of likely N-dealkylation sites (N-methyl/N-ethyl adjacent to an activating group) is 1. The fourth-order valence-corrected chi connectivity index (χ4v) is 3.38. The Morgan fingerprint density at radius 1 is 1.38 bits per heavy atom. The monoisotopic (exact) mass is 308 g/mol. The minimum Gasteiger partial charge on any atom is -0.356 e. The van der Waals surface area contributed by atoms with Gasteiger partial charge in [-0.15, -0.1) is 11.3 Å². The molecule has 2 unspecified atom stereocenters. The Balaban J connectivity index is 1.75. The predicted octanol–water partition coefficient (Wildman–Crippen LogP) is 2.36. The third kappa shape index (κ3) is 5.00. The van der Waals surface area contributed by atoms with Gasteiger partial charge in [-0.3, -0.25) is 4.99 Å². The van der Waals surface area contributed by atoms with Crippen molar-refractivity contribution in [3.05, 3.63) is 22.4 Å². The van der Waals surface area contributed by atoms with Gasteiger partial charge < -0.3 is 15.5 Å². The van der Waals surface area contributed by atoms with Gasteiger partial charge >= 0.3 is 0 Å². The highest BCUT2D eigenvalue weighted by Crippen LogP contribution is 2.34. The Kier molecular flexibility index (Phi) is 6.06. The van der Waals surface area contributed by atoms with Crippen molar-refractivity contribution in [3.63, 3.8) is 0 Å². The van der Waals surface area contributed by atoms with Gasteiger partial charge in [0, 0.05) is 37.0 Å². The van der Waals surface area contributed by atoms with Crippen molar-refractivity contribution in [1.82, 2.24) is 15.5 Å². The van der Waals surface area contributed by atoms with Gasteiger partial charge in [0.05, 0.1) is 0 Å². The van der Waals surface area contributed by atoms with E-state index < -0.39 is 0 Å². The minimum atomic E-state index is 0.511. The molecule has 2 N–H and O–H groups in total. The second kappa shape index (κ2) is 7.80. The normalized spacial score (nSPS) is 18.6. The van der Waals surface area contributed by atoms with Gasteiger partial charge in [0.15, 0.2) is 5.96 Å². The molecule has 0 bridgehead atoms. The van der Waals surface area contributed by atoms with Gasteiger partial charge in [-0.1, -0.05) is 13.0 Å². The molecule has 0 spiro atoms. The van der Waals surface area contributed by atoms with Gasteiger partial charge in [-0.25, -0.2) is 0 Å². The van der Waals surface area contributed by atoms with E-state index in [1.165, 1.54) is 17.7 Å². The average molecular weight is 308 g/mol. The van der Waals surface area contributed by atoms with E-state index in [0.717, 1.165) is 25.0 Å². The summed E-state index contributed by atoms with van der Waals surface area (Å²) in [6.07, 6.45) is 2.73. The second-order valence-corrected chi connectivity index (χ2v) is 7.10. The highest BCUT2D eigenvalue weighted by atomic mass is 32.1. The zero-order valence-electron chi connectivity index (χ0n) is 13.6. The third-order valence-electron chi connectivity index (χ3n) is 4.14. The molecule has 1 aliphatic rings. The van der Waals surface area contributed by atoms with E-state index in [0.29, 0.717) is 12.0 Å². The molecule has 2 atom stereocenters. The molecular weight excluding hydrogens is 280 g/mol. The highest BCUT2D eigenvalue weighted by Gasteiger charge is 2.32. The third-order valence-corrected chi connectivity index (χ3v) is 5.24. The number of hydrogen-bond donors (Lipinski definition) is 2. The van der Waals surface area contributed by atoms with Crippen LogP contribution in [-0.2, 0) is 0 Å². The van der Waals surface area contributed by atoms with Crippen molar-refractivity contribution in [2.45, 2.75) is 31.7 Å². The van der Waals surface area contributed by atoms with Crippen LogP contribution in [0.2, 0.25) is 0 Å². The minimum absolute atomic E-state index is 0.511. The fraction of sp³-hybridized carbons (Fsp3) is 0.688. The number of thiophene rings is 1. The largest absolute Gasteiger partial charge is 0.356 e. The molecule has 1 aromatic rings. The molecule has 0 aliphatic heterocycles. The van der Waals surface area contributed by atoms with E-state index in [-0.39, 0.29) is 0 Å². The summed E-state index contributed by atoms with van der Waals surface area (Å²) in [6, 6.07) is 4.92. The summed E-state index contributed by atoms with van der Waals surface area (Å²) in [6.45, 7) is 4.12. The van der Waals surface area contributed by atoms with Crippen molar-refractivity contribution in [3.8, 4) is 0 Å². The van der Waals surface area contributed by atoms with E-state index in [4.69, 9.17) is 0 Å². The van der Waals surface area contributed by atoms with Crippen LogP contribution >= 0.6 is 11.3 Å². The number of hydrogen-bond acceptors (Lipinski definition) is 3. The van der Waals surface area contributed by atoms with Crippen LogP contribution in [0.4, 0.5) is 0 Å². The Labute approximate surface area is 132 Å². The maximum atomic E-state index is 4.33. The Bertz CT molecular complexity index is 435. The first-order chi connectivity index (χ1) is 10.1. The van der Waals surface area contributed by atoms with Crippen molar-refractivity contribution in [1.29, 1.82) is 0 Å². The standard InChI is InChI=1S/C16H28N4S/c1-12(15-6-5-9-21-15)10-18-16(17-2)19-11-14(20(3)4)13-7-8-13/h5-6,9,12-14H,7-8,10-11H2,1-4H3,(H2,17,18,19). The fourth-order valence-electron chi connectivity index (χ4n) is 2.60. The van der Waals surface area contributed by atoms with Crippen LogP contribution in [0.3, 0.4) is 0 Å². The molecule has 2 rings (SSSR count). The smallest absolute Gasteiger partial charge is 0.191 e. The SMILES string of the molecule is CN=C(NCC(C)c1cccs1)NCC(C1CC1)N(C)C. The first kappa shape index (κ1) is 16.3. The van der Waals surface area contributed by atoms with E-state index in [9.17, 15) is 0 Å².